The molecule has 0 aliphatic carbocycles. The molecule has 0 radical (unpaired) electrons. The van der Waals surface area contributed by atoms with Gasteiger partial charge >= 0.3 is 0 Å². The van der Waals surface area contributed by atoms with E-state index in [0.29, 0.717) is 0 Å². The van der Waals surface area contributed by atoms with E-state index in [1.54, 1.807) is 0 Å². The first-order valence-corrected chi connectivity index (χ1v) is 6.04. The molecule has 56 valence electrons. The number of hydrogen-bond donors (Lipinski definition) is 0. The first-order valence-electron chi connectivity index (χ1n) is 3.55. The molecule has 0 aliphatic rings. The van der Waals surface area contributed by atoms with E-state index in [4.69, 9.17) is 0 Å². The summed E-state index contributed by atoms with van der Waals surface area (Å²) >= 11 is 4.96. The third kappa shape index (κ3) is 9.46. The standard InChI is InChI=1S/C7H14I2/c1-2-3-4-5-6-7(8)9/h7H,2-6H2,1H3. The molecule has 0 aliphatic heterocycles. The lowest BCUT2D eigenvalue weighted by Crippen LogP contribution is -1.84. The number of halogens is 2. The van der Waals surface area contributed by atoms with Crippen LogP contribution in [0.1, 0.15) is 39.0 Å². The van der Waals surface area contributed by atoms with Crippen molar-refractivity contribution < 1.29 is 0 Å². The van der Waals surface area contributed by atoms with Gasteiger partial charge in [-0.15, -0.1) is 0 Å². The Labute approximate surface area is 85.5 Å². The fourth-order valence-electron chi connectivity index (χ4n) is 0.725. The second-order valence-corrected chi connectivity index (χ2v) is 7.63. The molecule has 0 atom stereocenters. The smallest absolute Gasteiger partial charge is 0.0626 e. The van der Waals surface area contributed by atoms with Gasteiger partial charge in [-0.05, 0) is 6.42 Å². The summed E-state index contributed by atoms with van der Waals surface area (Å²) in [4.78, 5) is 0. The normalized spacial score (nSPS) is 10.7. The van der Waals surface area contributed by atoms with Crippen molar-refractivity contribution in [1.82, 2.24) is 0 Å². The summed E-state index contributed by atoms with van der Waals surface area (Å²) in [6.45, 7) is 2.26. The van der Waals surface area contributed by atoms with Crippen molar-refractivity contribution in [2.45, 2.75) is 41.0 Å². The molecule has 0 bridgehead atoms. The lowest BCUT2D eigenvalue weighted by atomic mass is 10.2. The van der Waals surface area contributed by atoms with E-state index in [1.165, 1.54) is 32.1 Å². The Morgan fingerprint density at radius 2 is 1.78 bits per heavy atom. The molecule has 0 aromatic heterocycles. The maximum atomic E-state index is 2.48. The maximum absolute atomic E-state index is 2.48. The van der Waals surface area contributed by atoms with Crippen molar-refractivity contribution in [3.63, 3.8) is 0 Å². The van der Waals surface area contributed by atoms with Crippen LogP contribution in [0.15, 0.2) is 0 Å². The van der Waals surface area contributed by atoms with E-state index in [2.05, 4.69) is 52.1 Å². The van der Waals surface area contributed by atoms with E-state index >= 15 is 0 Å². The van der Waals surface area contributed by atoms with Crippen LogP contribution in [0.5, 0.6) is 0 Å². The molecule has 0 unspecified atom stereocenters. The summed E-state index contributed by atoms with van der Waals surface area (Å²) in [7, 11) is 0. The van der Waals surface area contributed by atoms with Gasteiger partial charge in [0.2, 0.25) is 0 Å². The van der Waals surface area contributed by atoms with Crippen molar-refractivity contribution in [2.24, 2.45) is 0 Å². The predicted octanol–water partition coefficient (Wildman–Crippen LogP) is 4.15. The van der Waals surface area contributed by atoms with Crippen LogP contribution < -0.4 is 0 Å². The van der Waals surface area contributed by atoms with Crippen molar-refractivity contribution in [2.75, 3.05) is 0 Å². The van der Waals surface area contributed by atoms with Crippen LogP contribution in [-0.2, 0) is 0 Å². The molecule has 9 heavy (non-hydrogen) atoms. The minimum atomic E-state index is 0.844. The van der Waals surface area contributed by atoms with Crippen LogP contribution in [-0.4, -0.2) is 1.93 Å². The number of alkyl halides is 2. The van der Waals surface area contributed by atoms with Gasteiger partial charge in [0.15, 0.2) is 0 Å². The zero-order valence-corrected chi connectivity index (χ0v) is 10.2. The summed E-state index contributed by atoms with van der Waals surface area (Å²) in [6.07, 6.45) is 7.01. The molecule has 0 aromatic rings. The summed E-state index contributed by atoms with van der Waals surface area (Å²) in [5.41, 5.74) is 0. The monoisotopic (exact) mass is 352 g/mol. The Balaban J connectivity index is 2.75. The third-order valence-corrected chi connectivity index (χ3v) is 2.52. The van der Waals surface area contributed by atoms with Crippen LogP contribution in [0.25, 0.3) is 0 Å². The molecule has 0 rings (SSSR count). The van der Waals surface area contributed by atoms with Crippen molar-refractivity contribution in [3.8, 4) is 0 Å². The highest BCUT2D eigenvalue weighted by molar-refractivity contribution is 14.2. The summed E-state index contributed by atoms with van der Waals surface area (Å²) in [5.74, 6) is 0. The average Bonchev–Trinajstić information content (AvgIpc) is 1.80. The largest absolute Gasteiger partial charge is 0.0710 e. The highest BCUT2D eigenvalue weighted by Crippen LogP contribution is 2.17. The predicted molar refractivity (Wildman–Crippen MR) is 60.6 cm³/mol. The average molecular weight is 352 g/mol. The third-order valence-electron chi connectivity index (χ3n) is 1.28. The first-order chi connectivity index (χ1) is 4.27. The summed E-state index contributed by atoms with van der Waals surface area (Å²) < 4.78 is 0.844. The van der Waals surface area contributed by atoms with Gasteiger partial charge < -0.3 is 0 Å². The van der Waals surface area contributed by atoms with Gasteiger partial charge in [-0.25, -0.2) is 0 Å². The van der Waals surface area contributed by atoms with Crippen molar-refractivity contribution >= 4 is 45.2 Å². The second kappa shape index (κ2) is 7.57. The molecule has 2 heteroatoms. The zero-order valence-electron chi connectivity index (χ0n) is 5.87. The van der Waals surface area contributed by atoms with E-state index < -0.39 is 0 Å². The molecule has 0 nitrogen and oxygen atoms in total. The molecule has 0 saturated heterocycles. The second-order valence-electron chi connectivity index (χ2n) is 2.24. The fourth-order valence-corrected chi connectivity index (χ4v) is 1.61. The minimum absolute atomic E-state index is 0.844. The topological polar surface area (TPSA) is 0 Å². The van der Waals surface area contributed by atoms with E-state index in [0.717, 1.165) is 1.93 Å². The van der Waals surface area contributed by atoms with Crippen LogP contribution >= 0.6 is 45.2 Å². The van der Waals surface area contributed by atoms with Crippen LogP contribution in [0.2, 0.25) is 0 Å². The van der Waals surface area contributed by atoms with Crippen LogP contribution in [0.4, 0.5) is 0 Å². The fraction of sp³-hybridized carbons (Fsp3) is 1.00. The van der Waals surface area contributed by atoms with Crippen molar-refractivity contribution in [3.05, 3.63) is 0 Å². The number of unbranched alkanes of at least 4 members (excludes halogenated alkanes) is 3. The lowest BCUT2D eigenvalue weighted by molar-refractivity contribution is 0.659. The van der Waals surface area contributed by atoms with Crippen LogP contribution in [0.3, 0.4) is 0 Å². The molecule has 0 N–H and O–H groups in total. The van der Waals surface area contributed by atoms with Gasteiger partial charge in [0.05, 0.1) is 1.93 Å². The highest BCUT2D eigenvalue weighted by atomic mass is 127. The van der Waals surface area contributed by atoms with Gasteiger partial charge in [-0.1, -0.05) is 77.8 Å². The summed E-state index contributed by atoms with van der Waals surface area (Å²) in [6, 6.07) is 0. The lowest BCUT2D eigenvalue weighted by Gasteiger charge is -1.99. The van der Waals surface area contributed by atoms with Gasteiger partial charge in [-0.3, -0.25) is 0 Å². The highest BCUT2D eigenvalue weighted by Gasteiger charge is 1.95. The first kappa shape index (κ1) is 10.5. The Morgan fingerprint density at radius 3 is 2.22 bits per heavy atom. The Hall–Kier alpha value is 1.46. The van der Waals surface area contributed by atoms with Gasteiger partial charge in [0, 0.05) is 0 Å². The molecule has 0 saturated carbocycles. The zero-order chi connectivity index (χ0) is 7.11. The van der Waals surface area contributed by atoms with Gasteiger partial charge in [-0.2, -0.15) is 0 Å². The minimum Gasteiger partial charge on any atom is -0.0710 e. The van der Waals surface area contributed by atoms with Crippen molar-refractivity contribution in [1.29, 1.82) is 0 Å². The Morgan fingerprint density at radius 1 is 1.11 bits per heavy atom. The molecular formula is C7H14I2. The quantitative estimate of drug-likeness (QED) is 0.396. The Bertz CT molecular complexity index is 52.9. The molecule has 0 amide bonds. The van der Waals surface area contributed by atoms with Gasteiger partial charge in [0.25, 0.3) is 0 Å². The SMILES string of the molecule is CCCCCCC(I)I. The van der Waals surface area contributed by atoms with E-state index in [-0.39, 0.29) is 0 Å². The number of rotatable bonds is 5. The van der Waals surface area contributed by atoms with E-state index in [1.807, 2.05) is 0 Å². The molecule has 0 heterocycles. The van der Waals surface area contributed by atoms with Crippen LogP contribution in [0, 0.1) is 0 Å². The Kier molecular flexibility index (Phi) is 8.79. The van der Waals surface area contributed by atoms with E-state index in [9.17, 15) is 0 Å². The van der Waals surface area contributed by atoms with Gasteiger partial charge in [0.1, 0.15) is 0 Å². The molecule has 0 fully saturated rings. The molecule has 0 spiro atoms. The summed E-state index contributed by atoms with van der Waals surface area (Å²) in [5, 5.41) is 0. The molecular weight excluding hydrogens is 338 g/mol. The molecule has 0 aromatic carbocycles. The maximum Gasteiger partial charge on any atom is 0.0626 e. The number of hydrogen-bond acceptors (Lipinski definition) is 0.